The van der Waals surface area contributed by atoms with Gasteiger partial charge in [0, 0.05) is 18.3 Å². The molecule has 1 amide bonds. The summed E-state index contributed by atoms with van der Waals surface area (Å²) in [7, 11) is 1.33. The zero-order chi connectivity index (χ0) is 16.7. The van der Waals surface area contributed by atoms with Gasteiger partial charge in [0.05, 0.1) is 12.7 Å². The maximum absolute atomic E-state index is 11.9. The van der Waals surface area contributed by atoms with E-state index in [1.165, 1.54) is 13.4 Å². The van der Waals surface area contributed by atoms with Crippen molar-refractivity contribution < 1.29 is 14.3 Å². The van der Waals surface area contributed by atoms with Gasteiger partial charge in [0.1, 0.15) is 17.8 Å². The molecule has 0 radical (unpaired) electrons. The maximum Gasteiger partial charge on any atom is 0.337 e. The summed E-state index contributed by atoms with van der Waals surface area (Å²) in [6, 6.07) is 8.31. The van der Waals surface area contributed by atoms with Crippen LogP contribution in [-0.2, 0) is 4.74 Å². The first-order chi connectivity index (χ1) is 11.1. The summed E-state index contributed by atoms with van der Waals surface area (Å²) in [6.07, 6.45) is 2.18. The van der Waals surface area contributed by atoms with Crippen LogP contribution in [-0.4, -0.2) is 35.5 Å². The Hall–Kier alpha value is -2.96. The van der Waals surface area contributed by atoms with Crippen molar-refractivity contribution in [2.75, 3.05) is 19.0 Å². The van der Waals surface area contributed by atoms with E-state index in [2.05, 4.69) is 25.3 Å². The van der Waals surface area contributed by atoms with Crippen LogP contribution in [0.3, 0.4) is 0 Å². The number of hydrogen-bond donors (Lipinski definition) is 2. The van der Waals surface area contributed by atoms with Gasteiger partial charge >= 0.3 is 5.97 Å². The lowest BCUT2D eigenvalue weighted by atomic mass is 10.2. The van der Waals surface area contributed by atoms with Gasteiger partial charge in [-0.3, -0.25) is 4.79 Å². The molecule has 0 saturated heterocycles. The maximum atomic E-state index is 11.9. The highest BCUT2D eigenvalue weighted by atomic mass is 16.5. The van der Waals surface area contributed by atoms with Crippen LogP contribution in [0.2, 0.25) is 0 Å². The molecule has 0 fully saturated rings. The van der Waals surface area contributed by atoms with E-state index in [4.69, 9.17) is 0 Å². The van der Waals surface area contributed by atoms with Gasteiger partial charge in [0.25, 0.3) is 5.91 Å². The van der Waals surface area contributed by atoms with Crippen LogP contribution in [0.15, 0.2) is 36.7 Å². The van der Waals surface area contributed by atoms with E-state index in [0.717, 1.165) is 12.1 Å². The summed E-state index contributed by atoms with van der Waals surface area (Å²) in [4.78, 5) is 31.3. The fourth-order valence-electron chi connectivity index (χ4n) is 1.83. The van der Waals surface area contributed by atoms with Crippen molar-refractivity contribution >= 4 is 23.4 Å². The number of rotatable bonds is 6. The van der Waals surface area contributed by atoms with E-state index >= 15 is 0 Å². The van der Waals surface area contributed by atoms with Crippen LogP contribution >= 0.6 is 0 Å². The van der Waals surface area contributed by atoms with Crippen molar-refractivity contribution in [1.29, 1.82) is 0 Å². The molecule has 0 aliphatic rings. The van der Waals surface area contributed by atoms with E-state index in [9.17, 15) is 9.59 Å². The third kappa shape index (κ3) is 4.50. The number of nitrogens with one attached hydrogen (secondary N) is 2. The first-order valence-electron chi connectivity index (χ1n) is 7.19. The molecule has 2 rings (SSSR count). The van der Waals surface area contributed by atoms with Crippen LogP contribution in [0.5, 0.6) is 0 Å². The number of carbonyl (C=O) groups is 2. The lowest BCUT2D eigenvalue weighted by molar-refractivity contribution is 0.0600. The number of anilines is 2. The smallest absolute Gasteiger partial charge is 0.337 e. The van der Waals surface area contributed by atoms with Crippen LogP contribution in [0.1, 0.15) is 34.2 Å². The van der Waals surface area contributed by atoms with Gasteiger partial charge in [-0.1, -0.05) is 6.92 Å². The summed E-state index contributed by atoms with van der Waals surface area (Å²) < 4.78 is 4.64. The Morgan fingerprint density at radius 1 is 1.17 bits per heavy atom. The molecule has 120 valence electrons. The topological polar surface area (TPSA) is 93.2 Å². The lowest BCUT2D eigenvalue weighted by Gasteiger charge is -2.08. The molecule has 0 unspecified atom stereocenters. The number of methoxy groups -OCH3 is 1. The van der Waals surface area contributed by atoms with Crippen molar-refractivity contribution in [3.8, 4) is 0 Å². The molecule has 7 heteroatoms. The molecule has 23 heavy (non-hydrogen) atoms. The molecule has 0 bridgehead atoms. The third-order valence-electron chi connectivity index (χ3n) is 3.01. The molecule has 1 aromatic carbocycles. The van der Waals surface area contributed by atoms with Crippen molar-refractivity contribution in [3.63, 3.8) is 0 Å². The number of hydrogen-bond acceptors (Lipinski definition) is 6. The van der Waals surface area contributed by atoms with Crippen molar-refractivity contribution in [3.05, 3.63) is 47.9 Å². The summed E-state index contributed by atoms with van der Waals surface area (Å²) in [5, 5.41) is 5.81. The van der Waals surface area contributed by atoms with Crippen LogP contribution in [0, 0.1) is 0 Å². The minimum Gasteiger partial charge on any atom is -0.465 e. The lowest BCUT2D eigenvalue weighted by Crippen LogP contribution is -2.25. The van der Waals surface area contributed by atoms with Crippen LogP contribution < -0.4 is 10.6 Å². The molecule has 0 spiro atoms. The van der Waals surface area contributed by atoms with E-state index < -0.39 is 5.97 Å². The minimum absolute atomic E-state index is 0.238. The standard InChI is InChI=1S/C16H18N4O3/c1-3-8-17-15(21)13-9-14(19-10-18-13)20-12-6-4-11(5-7-12)16(22)23-2/h4-7,9-10H,3,8H2,1-2H3,(H,17,21)(H,18,19,20). The number of benzene rings is 1. The summed E-state index contributed by atoms with van der Waals surface area (Å²) in [5.74, 6) is -0.140. The Labute approximate surface area is 134 Å². The number of carbonyl (C=O) groups excluding carboxylic acids is 2. The zero-order valence-corrected chi connectivity index (χ0v) is 13.0. The highest BCUT2D eigenvalue weighted by Crippen LogP contribution is 2.16. The second-order valence-electron chi connectivity index (χ2n) is 4.74. The molecular formula is C16H18N4O3. The Bertz CT molecular complexity index is 686. The SMILES string of the molecule is CCCNC(=O)c1cc(Nc2ccc(C(=O)OC)cc2)ncn1. The Balaban J connectivity index is 2.08. The molecule has 2 N–H and O–H groups in total. The van der Waals surface area contributed by atoms with E-state index in [-0.39, 0.29) is 5.91 Å². The van der Waals surface area contributed by atoms with E-state index in [1.54, 1.807) is 30.3 Å². The van der Waals surface area contributed by atoms with Crippen molar-refractivity contribution in [2.24, 2.45) is 0 Å². The van der Waals surface area contributed by atoms with Gasteiger partial charge < -0.3 is 15.4 Å². The second kappa shape index (κ2) is 7.88. The highest BCUT2D eigenvalue weighted by Gasteiger charge is 2.08. The summed E-state index contributed by atoms with van der Waals surface area (Å²) in [6.45, 7) is 2.58. The number of nitrogens with zero attached hydrogens (tertiary/aromatic N) is 2. The van der Waals surface area contributed by atoms with Gasteiger partial charge in [0.2, 0.25) is 0 Å². The second-order valence-corrected chi connectivity index (χ2v) is 4.74. The first-order valence-corrected chi connectivity index (χ1v) is 7.19. The van der Waals surface area contributed by atoms with Crippen molar-refractivity contribution in [1.82, 2.24) is 15.3 Å². The molecule has 0 saturated carbocycles. The molecule has 1 aromatic heterocycles. The molecular weight excluding hydrogens is 296 g/mol. The number of amides is 1. The first kappa shape index (κ1) is 16.4. The highest BCUT2D eigenvalue weighted by molar-refractivity contribution is 5.93. The predicted octanol–water partition coefficient (Wildman–Crippen LogP) is 2.15. The van der Waals surface area contributed by atoms with Gasteiger partial charge in [-0.05, 0) is 30.7 Å². The number of aromatic nitrogens is 2. The minimum atomic E-state index is -0.395. The van der Waals surface area contributed by atoms with Gasteiger partial charge in [-0.15, -0.1) is 0 Å². The Kier molecular flexibility index (Phi) is 5.62. The quantitative estimate of drug-likeness (QED) is 0.794. The largest absolute Gasteiger partial charge is 0.465 e. The molecule has 0 atom stereocenters. The average molecular weight is 314 g/mol. The monoisotopic (exact) mass is 314 g/mol. The summed E-state index contributed by atoms with van der Waals surface area (Å²) in [5.41, 5.74) is 1.48. The number of esters is 1. The summed E-state index contributed by atoms with van der Waals surface area (Å²) >= 11 is 0. The molecule has 0 aliphatic heterocycles. The fourth-order valence-corrected chi connectivity index (χ4v) is 1.83. The normalized spacial score (nSPS) is 10.0. The Morgan fingerprint density at radius 3 is 2.57 bits per heavy atom. The molecule has 2 aromatic rings. The molecule has 1 heterocycles. The van der Waals surface area contributed by atoms with E-state index in [0.29, 0.717) is 23.6 Å². The van der Waals surface area contributed by atoms with Crippen molar-refractivity contribution in [2.45, 2.75) is 13.3 Å². The Morgan fingerprint density at radius 2 is 1.91 bits per heavy atom. The van der Waals surface area contributed by atoms with Crippen LogP contribution in [0.25, 0.3) is 0 Å². The zero-order valence-electron chi connectivity index (χ0n) is 13.0. The third-order valence-corrected chi connectivity index (χ3v) is 3.01. The van der Waals surface area contributed by atoms with Gasteiger partial charge in [-0.25, -0.2) is 14.8 Å². The van der Waals surface area contributed by atoms with E-state index in [1.807, 2.05) is 6.92 Å². The van der Waals surface area contributed by atoms with Gasteiger partial charge in [0.15, 0.2) is 0 Å². The predicted molar refractivity (Wildman–Crippen MR) is 85.7 cm³/mol. The molecule has 7 nitrogen and oxygen atoms in total. The van der Waals surface area contributed by atoms with Crippen LogP contribution in [0.4, 0.5) is 11.5 Å². The average Bonchev–Trinajstić information content (AvgIpc) is 2.60. The van der Waals surface area contributed by atoms with Gasteiger partial charge in [-0.2, -0.15) is 0 Å². The number of ether oxygens (including phenoxy) is 1. The fraction of sp³-hybridized carbons (Fsp3) is 0.250. The molecule has 0 aliphatic carbocycles.